The van der Waals surface area contributed by atoms with Gasteiger partial charge in [-0.15, -0.1) is 0 Å². The number of hydrogen-bond acceptors (Lipinski definition) is 8. The average molecular weight is 366 g/mol. The van der Waals surface area contributed by atoms with Crippen molar-refractivity contribution in [2.24, 2.45) is 0 Å². The lowest BCUT2D eigenvalue weighted by Crippen LogP contribution is -2.05. The van der Waals surface area contributed by atoms with E-state index in [1.54, 1.807) is 0 Å². The lowest BCUT2D eigenvalue weighted by atomic mass is 10.2. The molecule has 0 saturated heterocycles. The van der Waals surface area contributed by atoms with Crippen molar-refractivity contribution in [2.75, 3.05) is 11.5 Å². The number of fused-ring (bicyclic) bond motifs is 2. The van der Waals surface area contributed by atoms with E-state index in [4.69, 9.17) is 11.5 Å². The molecule has 0 fully saturated rings. The highest BCUT2D eigenvalue weighted by Crippen LogP contribution is 2.25. The molecule has 3 heterocycles. The molecule has 4 N–H and O–H groups in total. The first-order chi connectivity index (χ1) is 13.7. The standard InChI is InChI=1S/C20H14N8/c21-15-13-19(26-17(24-15)11-7-3-1-4-8-11)28-20-14(23-13)16(22)25-18(27-20)12-9-5-2-6-10-12/h1-10H,(H4,21,22,24,25,26,27,28). The van der Waals surface area contributed by atoms with E-state index in [1.165, 1.54) is 0 Å². The number of nitrogens with two attached hydrogens (primary N) is 2. The number of nitrogens with zero attached hydrogens (tertiary/aromatic N) is 6. The fourth-order valence-corrected chi connectivity index (χ4v) is 2.93. The molecule has 0 aliphatic carbocycles. The van der Waals surface area contributed by atoms with Gasteiger partial charge >= 0.3 is 0 Å². The molecular formula is C20H14N8. The van der Waals surface area contributed by atoms with Crippen LogP contribution in [0, 0.1) is 0 Å². The smallest absolute Gasteiger partial charge is 0.186 e. The quantitative estimate of drug-likeness (QED) is 0.456. The molecular weight excluding hydrogens is 352 g/mol. The van der Waals surface area contributed by atoms with Crippen LogP contribution in [0.4, 0.5) is 11.6 Å². The van der Waals surface area contributed by atoms with E-state index in [9.17, 15) is 0 Å². The topological polar surface area (TPSA) is 129 Å². The Kier molecular flexibility index (Phi) is 3.55. The van der Waals surface area contributed by atoms with Crippen molar-refractivity contribution in [2.45, 2.75) is 0 Å². The fraction of sp³-hybridized carbons (Fsp3) is 0. The van der Waals surface area contributed by atoms with Crippen LogP contribution in [-0.4, -0.2) is 29.9 Å². The molecule has 0 saturated carbocycles. The van der Waals surface area contributed by atoms with E-state index in [-0.39, 0.29) is 11.6 Å². The Bertz CT molecular complexity index is 1220. The summed E-state index contributed by atoms with van der Waals surface area (Å²) in [5, 5.41) is 0. The molecule has 0 amide bonds. The van der Waals surface area contributed by atoms with Gasteiger partial charge in [0.25, 0.3) is 0 Å². The first kappa shape index (κ1) is 16.0. The normalized spacial score (nSPS) is 11.1. The molecule has 2 aromatic carbocycles. The van der Waals surface area contributed by atoms with E-state index in [0.717, 1.165) is 11.1 Å². The SMILES string of the molecule is Nc1nc(-c2ccccc2)nc2nc3nc(-c4ccccc4)nc(N)c3nc12. The van der Waals surface area contributed by atoms with Crippen molar-refractivity contribution in [1.82, 2.24) is 29.9 Å². The average Bonchev–Trinajstić information content (AvgIpc) is 2.74. The molecule has 3 aromatic heterocycles. The van der Waals surface area contributed by atoms with Gasteiger partial charge in [0, 0.05) is 11.1 Å². The number of anilines is 2. The molecule has 0 bridgehead atoms. The second-order valence-corrected chi connectivity index (χ2v) is 6.16. The summed E-state index contributed by atoms with van der Waals surface area (Å²) in [5.74, 6) is 1.41. The molecule has 0 aliphatic heterocycles. The summed E-state index contributed by atoms with van der Waals surface area (Å²) in [6.07, 6.45) is 0. The Balaban J connectivity index is 1.75. The molecule has 0 radical (unpaired) electrons. The van der Waals surface area contributed by atoms with E-state index >= 15 is 0 Å². The Morgan fingerprint density at radius 1 is 0.464 bits per heavy atom. The molecule has 8 nitrogen and oxygen atoms in total. The third-order valence-corrected chi connectivity index (χ3v) is 4.28. The fourth-order valence-electron chi connectivity index (χ4n) is 2.93. The van der Waals surface area contributed by atoms with Gasteiger partial charge in [-0.05, 0) is 0 Å². The molecule has 8 heteroatoms. The van der Waals surface area contributed by atoms with Crippen LogP contribution in [0.3, 0.4) is 0 Å². The monoisotopic (exact) mass is 366 g/mol. The second-order valence-electron chi connectivity index (χ2n) is 6.16. The van der Waals surface area contributed by atoms with Crippen LogP contribution >= 0.6 is 0 Å². The zero-order chi connectivity index (χ0) is 19.1. The maximum absolute atomic E-state index is 6.12. The maximum atomic E-state index is 6.12. The summed E-state index contributed by atoms with van der Waals surface area (Å²) < 4.78 is 0. The van der Waals surface area contributed by atoms with Crippen LogP contribution < -0.4 is 11.5 Å². The van der Waals surface area contributed by atoms with Crippen molar-refractivity contribution >= 4 is 34.0 Å². The predicted octanol–water partition coefficient (Wildman–Crippen LogP) is 2.86. The summed E-state index contributed by atoms with van der Waals surface area (Å²) in [6, 6.07) is 19.1. The molecule has 0 atom stereocenters. The molecule has 28 heavy (non-hydrogen) atoms. The third kappa shape index (κ3) is 2.64. The molecule has 0 aliphatic rings. The summed E-state index contributed by atoms with van der Waals surface area (Å²) >= 11 is 0. The Morgan fingerprint density at radius 2 is 0.893 bits per heavy atom. The molecule has 0 unspecified atom stereocenters. The summed E-state index contributed by atoms with van der Waals surface area (Å²) in [5.41, 5.74) is 15.4. The van der Waals surface area contributed by atoms with Crippen LogP contribution in [-0.2, 0) is 0 Å². The second kappa shape index (κ2) is 6.20. The first-order valence-corrected chi connectivity index (χ1v) is 8.58. The van der Waals surface area contributed by atoms with E-state index in [1.807, 2.05) is 60.7 Å². The Hall–Kier alpha value is -4.20. The van der Waals surface area contributed by atoms with Crippen LogP contribution in [0.5, 0.6) is 0 Å². The predicted molar refractivity (Wildman–Crippen MR) is 108 cm³/mol. The molecule has 0 spiro atoms. The lowest BCUT2D eigenvalue weighted by Gasteiger charge is -2.08. The first-order valence-electron chi connectivity index (χ1n) is 8.58. The van der Waals surface area contributed by atoms with Gasteiger partial charge in [0.1, 0.15) is 0 Å². The largest absolute Gasteiger partial charge is 0.382 e. The van der Waals surface area contributed by atoms with Crippen LogP contribution in [0.1, 0.15) is 0 Å². The van der Waals surface area contributed by atoms with Crippen molar-refractivity contribution < 1.29 is 0 Å². The van der Waals surface area contributed by atoms with Crippen LogP contribution in [0.2, 0.25) is 0 Å². The minimum atomic E-state index is 0.227. The van der Waals surface area contributed by atoms with Gasteiger partial charge in [0.05, 0.1) is 0 Å². The number of benzene rings is 2. The minimum absolute atomic E-state index is 0.227. The summed E-state index contributed by atoms with van der Waals surface area (Å²) in [6.45, 7) is 0. The van der Waals surface area contributed by atoms with Crippen molar-refractivity contribution in [3.63, 3.8) is 0 Å². The van der Waals surface area contributed by atoms with Gasteiger partial charge in [0.15, 0.2) is 45.6 Å². The van der Waals surface area contributed by atoms with Crippen molar-refractivity contribution in [3.05, 3.63) is 60.7 Å². The van der Waals surface area contributed by atoms with Crippen molar-refractivity contribution in [3.8, 4) is 22.8 Å². The highest BCUT2D eigenvalue weighted by atomic mass is 15.1. The molecule has 5 rings (SSSR count). The highest BCUT2D eigenvalue weighted by molar-refractivity contribution is 5.93. The van der Waals surface area contributed by atoms with Crippen LogP contribution in [0.15, 0.2) is 60.7 Å². The van der Waals surface area contributed by atoms with Gasteiger partial charge < -0.3 is 11.5 Å². The Labute approximate surface area is 159 Å². The summed E-state index contributed by atoms with van der Waals surface area (Å²) in [7, 11) is 0. The highest BCUT2D eigenvalue weighted by Gasteiger charge is 2.15. The molecule has 5 aromatic rings. The van der Waals surface area contributed by atoms with Crippen LogP contribution in [0.25, 0.3) is 45.1 Å². The van der Waals surface area contributed by atoms with Gasteiger partial charge in [-0.1, -0.05) is 60.7 Å². The van der Waals surface area contributed by atoms with Gasteiger partial charge in [-0.25, -0.2) is 29.9 Å². The minimum Gasteiger partial charge on any atom is -0.382 e. The Morgan fingerprint density at radius 3 is 1.32 bits per heavy atom. The number of rotatable bonds is 2. The lowest BCUT2D eigenvalue weighted by molar-refractivity contribution is 1.15. The van der Waals surface area contributed by atoms with Gasteiger partial charge in [-0.3, -0.25) is 0 Å². The van der Waals surface area contributed by atoms with Gasteiger partial charge in [-0.2, -0.15) is 0 Å². The maximum Gasteiger partial charge on any atom is 0.186 e. The zero-order valence-corrected chi connectivity index (χ0v) is 14.6. The number of hydrogen-bond donors (Lipinski definition) is 2. The van der Waals surface area contributed by atoms with Gasteiger partial charge in [0.2, 0.25) is 0 Å². The number of nitrogen functional groups attached to an aromatic ring is 2. The number of aromatic nitrogens is 6. The van der Waals surface area contributed by atoms with E-state index in [2.05, 4.69) is 29.9 Å². The molecule has 134 valence electrons. The zero-order valence-electron chi connectivity index (χ0n) is 14.6. The summed E-state index contributed by atoms with van der Waals surface area (Å²) in [4.78, 5) is 26.8. The van der Waals surface area contributed by atoms with E-state index < -0.39 is 0 Å². The van der Waals surface area contributed by atoms with Crippen molar-refractivity contribution in [1.29, 1.82) is 0 Å². The third-order valence-electron chi connectivity index (χ3n) is 4.28. The van der Waals surface area contributed by atoms with E-state index in [0.29, 0.717) is 34.0 Å².